The van der Waals surface area contributed by atoms with Crippen LogP contribution in [-0.4, -0.2) is 30.6 Å². The predicted molar refractivity (Wildman–Crippen MR) is 93.3 cm³/mol. The van der Waals surface area contributed by atoms with Crippen LogP contribution in [0.15, 0.2) is 59.5 Å². The number of carbonyl (C=O) groups excluding carboxylic acids is 2. The third kappa shape index (κ3) is 3.41. The Morgan fingerprint density at radius 1 is 1.08 bits per heavy atom. The molecule has 2 aromatic carbocycles. The largest absolute Gasteiger partial charge is 0.324 e. The van der Waals surface area contributed by atoms with Crippen LogP contribution in [0.25, 0.3) is 0 Å². The Morgan fingerprint density at radius 3 is 2.36 bits per heavy atom. The molecule has 7 heteroatoms. The van der Waals surface area contributed by atoms with Crippen molar-refractivity contribution in [3.8, 4) is 0 Å². The highest BCUT2D eigenvalue weighted by Crippen LogP contribution is 2.28. The lowest BCUT2D eigenvalue weighted by molar-refractivity contribution is -0.128. The quantitative estimate of drug-likeness (QED) is 0.909. The molecule has 1 aliphatic rings. The minimum absolute atomic E-state index is 0.00543. The molecule has 0 bridgehead atoms. The molecule has 0 radical (unpaired) electrons. The fraction of sp³-hybridized carbons (Fsp3) is 0.222. The molecule has 1 saturated heterocycles. The number of benzene rings is 2. The highest BCUT2D eigenvalue weighted by molar-refractivity contribution is 7.89. The molecule has 2 aromatic rings. The number of anilines is 1. The lowest BCUT2D eigenvalue weighted by Crippen LogP contribution is -2.45. The maximum Gasteiger partial charge on any atom is 0.267 e. The van der Waals surface area contributed by atoms with Gasteiger partial charge >= 0.3 is 0 Å². The summed E-state index contributed by atoms with van der Waals surface area (Å²) in [5, 5.41) is 2.67. The van der Waals surface area contributed by atoms with E-state index >= 15 is 0 Å². The number of nitrogens with zero attached hydrogens (tertiary/aromatic N) is 1. The number of rotatable bonds is 4. The minimum atomic E-state index is -4.07. The van der Waals surface area contributed by atoms with Crippen LogP contribution in [-0.2, 0) is 19.6 Å². The molecule has 0 aliphatic carbocycles. The van der Waals surface area contributed by atoms with E-state index in [9.17, 15) is 18.0 Å². The number of amides is 2. The zero-order valence-electron chi connectivity index (χ0n) is 13.7. The summed E-state index contributed by atoms with van der Waals surface area (Å²) >= 11 is 0. The molecule has 1 heterocycles. The van der Waals surface area contributed by atoms with E-state index in [1.807, 2.05) is 13.0 Å². The smallest absolute Gasteiger partial charge is 0.267 e. The van der Waals surface area contributed by atoms with Gasteiger partial charge in [0.2, 0.25) is 11.8 Å². The van der Waals surface area contributed by atoms with Crippen LogP contribution in [0.2, 0.25) is 0 Å². The highest BCUT2D eigenvalue weighted by Gasteiger charge is 2.44. The second kappa shape index (κ2) is 6.68. The van der Waals surface area contributed by atoms with Crippen molar-refractivity contribution in [2.45, 2.75) is 30.7 Å². The van der Waals surface area contributed by atoms with Crippen molar-refractivity contribution in [3.63, 3.8) is 0 Å². The Balaban J connectivity index is 1.89. The third-order valence-electron chi connectivity index (χ3n) is 4.08. The molecule has 2 amide bonds. The first-order valence-corrected chi connectivity index (χ1v) is 9.33. The van der Waals surface area contributed by atoms with Crippen LogP contribution in [0, 0.1) is 6.92 Å². The summed E-state index contributed by atoms with van der Waals surface area (Å²) in [6.45, 7) is 1.84. The molecule has 3 rings (SSSR count). The number of hydrogen-bond acceptors (Lipinski definition) is 4. The molecule has 1 fully saturated rings. The van der Waals surface area contributed by atoms with Gasteiger partial charge in [-0.3, -0.25) is 9.59 Å². The Bertz CT molecular complexity index is 892. The van der Waals surface area contributed by atoms with Crippen molar-refractivity contribution in [2.24, 2.45) is 0 Å². The molecule has 0 spiro atoms. The zero-order chi connectivity index (χ0) is 18.0. The van der Waals surface area contributed by atoms with E-state index < -0.39 is 27.9 Å². The maximum absolute atomic E-state index is 12.8. The molecule has 25 heavy (non-hydrogen) atoms. The Kier molecular flexibility index (Phi) is 4.59. The van der Waals surface area contributed by atoms with E-state index in [0.717, 1.165) is 9.87 Å². The molecule has 1 N–H and O–H groups in total. The summed E-state index contributed by atoms with van der Waals surface area (Å²) < 4.78 is 26.4. The number of sulfonamides is 1. The Hall–Kier alpha value is -2.67. The van der Waals surface area contributed by atoms with Gasteiger partial charge in [-0.1, -0.05) is 35.9 Å². The van der Waals surface area contributed by atoms with Crippen molar-refractivity contribution in [1.82, 2.24) is 4.31 Å². The van der Waals surface area contributed by atoms with Gasteiger partial charge in [0.25, 0.3) is 10.0 Å². The van der Waals surface area contributed by atoms with E-state index in [0.29, 0.717) is 5.69 Å². The lowest BCUT2D eigenvalue weighted by atomic mass is 10.2. The van der Waals surface area contributed by atoms with Gasteiger partial charge in [-0.15, -0.1) is 0 Å². The molecule has 6 nitrogen and oxygen atoms in total. The van der Waals surface area contributed by atoms with E-state index in [4.69, 9.17) is 0 Å². The number of nitrogens with one attached hydrogen (secondary N) is 1. The van der Waals surface area contributed by atoms with Crippen molar-refractivity contribution in [1.29, 1.82) is 0 Å². The molecule has 0 saturated carbocycles. The van der Waals surface area contributed by atoms with Crippen molar-refractivity contribution >= 4 is 27.5 Å². The van der Waals surface area contributed by atoms with Crippen LogP contribution in [0.5, 0.6) is 0 Å². The summed E-state index contributed by atoms with van der Waals surface area (Å²) in [6, 6.07) is 13.9. The first-order chi connectivity index (χ1) is 11.9. The lowest BCUT2D eigenvalue weighted by Gasteiger charge is -2.23. The first-order valence-electron chi connectivity index (χ1n) is 7.89. The topological polar surface area (TPSA) is 83.6 Å². The summed E-state index contributed by atoms with van der Waals surface area (Å²) in [7, 11) is -4.07. The van der Waals surface area contributed by atoms with Gasteiger partial charge < -0.3 is 5.32 Å². The predicted octanol–water partition coefficient (Wildman–Crippen LogP) is 2.31. The Labute approximate surface area is 146 Å². The summed E-state index contributed by atoms with van der Waals surface area (Å²) in [5.41, 5.74) is 1.46. The van der Waals surface area contributed by atoms with E-state index in [1.165, 1.54) is 12.1 Å². The van der Waals surface area contributed by atoms with Gasteiger partial charge in [0.05, 0.1) is 4.90 Å². The van der Waals surface area contributed by atoms with Crippen molar-refractivity contribution in [2.75, 3.05) is 5.32 Å². The molecule has 0 aromatic heterocycles. The zero-order valence-corrected chi connectivity index (χ0v) is 14.5. The van der Waals surface area contributed by atoms with E-state index in [1.54, 1.807) is 36.4 Å². The fourth-order valence-corrected chi connectivity index (χ4v) is 4.37. The fourth-order valence-electron chi connectivity index (χ4n) is 2.77. The number of aryl methyl sites for hydroxylation is 1. The number of carbonyl (C=O) groups is 2. The van der Waals surface area contributed by atoms with Crippen LogP contribution < -0.4 is 5.32 Å². The second-order valence-corrected chi connectivity index (χ2v) is 7.73. The van der Waals surface area contributed by atoms with Crippen LogP contribution >= 0.6 is 0 Å². The maximum atomic E-state index is 12.8. The van der Waals surface area contributed by atoms with Gasteiger partial charge in [-0.05, 0) is 37.6 Å². The van der Waals surface area contributed by atoms with Gasteiger partial charge in [-0.2, -0.15) is 0 Å². The Morgan fingerprint density at radius 2 is 1.72 bits per heavy atom. The van der Waals surface area contributed by atoms with Crippen LogP contribution in [0.1, 0.15) is 18.4 Å². The molecule has 1 aliphatic heterocycles. The van der Waals surface area contributed by atoms with Crippen LogP contribution in [0.4, 0.5) is 5.69 Å². The van der Waals surface area contributed by atoms with Gasteiger partial charge in [0, 0.05) is 12.1 Å². The van der Waals surface area contributed by atoms with Gasteiger partial charge in [-0.25, -0.2) is 12.7 Å². The van der Waals surface area contributed by atoms with Crippen molar-refractivity contribution < 1.29 is 18.0 Å². The molecule has 130 valence electrons. The van der Waals surface area contributed by atoms with E-state index in [-0.39, 0.29) is 17.7 Å². The first kappa shape index (κ1) is 17.2. The summed E-state index contributed by atoms with van der Waals surface area (Å²) in [4.78, 5) is 24.7. The molecular weight excluding hydrogens is 340 g/mol. The molecule has 1 unspecified atom stereocenters. The standard InChI is InChI=1S/C18H18N2O4S/c1-13-7-9-15(10-8-13)25(23,24)20-16(11-12-17(20)21)18(22)19-14-5-3-2-4-6-14/h2-10,16H,11-12H2,1H3,(H,19,22). The number of para-hydroxylation sites is 1. The molecular formula is C18H18N2O4S. The van der Waals surface area contributed by atoms with Crippen LogP contribution in [0.3, 0.4) is 0 Å². The SMILES string of the molecule is Cc1ccc(S(=O)(=O)N2C(=O)CCC2C(=O)Nc2ccccc2)cc1. The third-order valence-corrected chi connectivity index (χ3v) is 5.93. The second-order valence-electron chi connectivity index (χ2n) is 5.92. The summed E-state index contributed by atoms with van der Waals surface area (Å²) in [6.07, 6.45) is 0.195. The van der Waals surface area contributed by atoms with Crippen molar-refractivity contribution in [3.05, 3.63) is 60.2 Å². The highest BCUT2D eigenvalue weighted by atomic mass is 32.2. The normalized spacial score (nSPS) is 17.6. The average molecular weight is 358 g/mol. The van der Waals surface area contributed by atoms with Gasteiger partial charge in [0.1, 0.15) is 6.04 Å². The number of hydrogen-bond donors (Lipinski definition) is 1. The van der Waals surface area contributed by atoms with E-state index in [2.05, 4.69) is 5.32 Å². The average Bonchev–Trinajstić information content (AvgIpc) is 2.99. The molecule has 1 atom stereocenters. The summed E-state index contributed by atoms with van der Waals surface area (Å²) in [5.74, 6) is -1.07. The van der Waals surface area contributed by atoms with Gasteiger partial charge in [0.15, 0.2) is 0 Å². The monoisotopic (exact) mass is 358 g/mol. The minimum Gasteiger partial charge on any atom is -0.324 e.